The van der Waals surface area contributed by atoms with Crippen molar-refractivity contribution >= 4 is 46.2 Å². The Hall–Kier alpha value is -2.68. The number of benzene rings is 2. The molecular formula is C16H12Cl2N4O. The zero-order chi connectivity index (χ0) is 16.8. The maximum absolute atomic E-state index is 12.1. The van der Waals surface area contributed by atoms with Crippen LogP contribution in [0.1, 0.15) is 0 Å². The first kappa shape index (κ1) is 16.7. The van der Waals surface area contributed by atoms with Crippen LogP contribution in [0.15, 0.2) is 54.2 Å². The summed E-state index contributed by atoms with van der Waals surface area (Å²) in [5, 5.41) is 15.5. The minimum absolute atomic E-state index is 0.104. The Morgan fingerprint density at radius 1 is 1.17 bits per heavy atom. The number of carbonyl (C=O) groups excluding carboxylic acids is 1. The molecule has 0 bridgehead atoms. The Bertz CT molecular complexity index is 795. The van der Waals surface area contributed by atoms with Gasteiger partial charge in [-0.05, 0) is 42.5 Å². The number of nitrogens with two attached hydrogens (primary N) is 1. The Morgan fingerprint density at radius 3 is 2.48 bits per heavy atom. The van der Waals surface area contributed by atoms with Crippen LogP contribution in [0.3, 0.4) is 0 Å². The van der Waals surface area contributed by atoms with Gasteiger partial charge in [-0.1, -0.05) is 23.2 Å². The number of nitrogens with zero attached hydrogens (tertiary/aromatic N) is 1. The summed E-state index contributed by atoms with van der Waals surface area (Å²) in [7, 11) is 0. The molecule has 0 fully saturated rings. The van der Waals surface area contributed by atoms with Gasteiger partial charge in [0.15, 0.2) is 0 Å². The number of hydrogen-bond donors (Lipinski definition) is 3. The maximum Gasteiger partial charge on any atom is 0.267 e. The fourth-order valence-corrected chi connectivity index (χ4v) is 2.05. The van der Waals surface area contributed by atoms with Crippen molar-refractivity contribution < 1.29 is 4.79 Å². The molecule has 0 aliphatic heterocycles. The average Bonchev–Trinajstić information content (AvgIpc) is 2.52. The standard InChI is InChI=1S/C16H12Cl2N4O/c17-11-1-4-13(5-2-11)22-16(23)10(8-19)9-21-15-6-3-12(20)7-14(15)18/h1-7,9,21H,20H2,(H,22,23)/b10-9-. The van der Waals surface area contributed by atoms with Gasteiger partial charge < -0.3 is 16.4 Å². The van der Waals surface area contributed by atoms with Gasteiger partial charge >= 0.3 is 0 Å². The van der Waals surface area contributed by atoms with Crippen LogP contribution in [-0.2, 0) is 4.79 Å². The highest BCUT2D eigenvalue weighted by Gasteiger charge is 2.09. The first-order chi connectivity index (χ1) is 11.0. The van der Waals surface area contributed by atoms with Crippen LogP contribution < -0.4 is 16.4 Å². The number of nitriles is 1. The average molecular weight is 347 g/mol. The lowest BCUT2D eigenvalue weighted by atomic mass is 10.2. The van der Waals surface area contributed by atoms with Gasteiger partial charge in [0, 0.05) is 22.6 Å². The zero-order valence-corrected chi connectivity index (χ0v) is 13.3. The van der Waals surface area contributed by atoms with Gasteiger partial charge in [-0.15, -0.1) is 0 Å². The number of hydrogen-bond acceptors (Lipinski definition) is 4. The number of amides is 1. The normalized spacial score (nSPS) is 10.7. The highest BCUT2D eigenvalue weighted by atomic mass is 35.5. The summed E-state index contributed by atoms with van der Waals surface area (Å²) in [6.45, 7) is 0. The van der Waals surface area contributed by atoms with E-state index >= 15 is 0 Å². The van der Waals surface area contributed by atoms with Crippen LogP contribution in [0.4, 0.5) is 17.1 Å². The van der Waals surface area contributed by atoms with E-state index in [1.54, 1.807) is 42.5 Å². The van der Waals surface area contributed by atoms with E-state index in [9.17, 15) is 4.79 Å². The van der Waals surface area contributed by atoms with Crippen LogP contribution in [0.25, 0.3) is 0 Å². The maximum atomic E-state index is 12.1. The second-order valence-electron chi connectivity index (χ2n) is 4.51. The zero-order valence-electron chi connectivity index (χ0n) is 11.8. The van der Waals surface area contributed by atoms with Crippen molar-refractivity contribution in [1.29, 1.82) is 5.26 Å². The van der Waals surface area contributed by atoms with Gasteiger partial charge in [0.25, 0.3) is 5.91 Å². The lowest BCUT2D eigenvalue weighted by Crippen LogP contribution is -2.14. The van der Waals surface area contributed by atoms with Crippen molar-refractivity contribution in [3.8, 4) is 6.07 Å². The summed E-state index contributed by atoms with van der Waals surface area (Å²) in [4.78, 5) is 12.1. The van der Waals surface area contributed by atoms with Gasteiger partial charge in [0.1, 0.15) is 11.6 Å². The molecule has 0 aliphatic rings. The monoisotopic (exact) mass is 346 g/mol. The molecule has 2 rings (SSSR count). The summed E-state index contributed by atoms with van der Waals surface area (Å²) in [6.07, 6.45) is 1.28. The lowest BCUT2D eigenvalue weighted by Gasteiger charge is -2.07. The second-order valence-corrected chi connectivity index (χ2v) is 5.36. The second kappa shape index (κ2) is 7.54. The van der Waals surface area contributed by atoms with Crippen molar-refractivity contribution in [1.82, 2.24) is 0 Å². The van der Waals surface area contributed by atoms with E-state index in [1.807, 2.05) is 6.07 Å². The quantitative estimate of drug-likeness (QED) is 0.442. The van der Waals surface area contributed by atoms with Crippen molar-refractivity contribution in [3.63, 3.8) is 0 Å². The van der Waals surface area contributed by atoms with E-state index < -0.39 is 5.91 Å². The fraction of sp³-hybridized carbons (Fsp3) is 0. The van der Waals surface area contributed by atoms with E-state index in [2.05, 4.69) is 10.6 Å². The third-order valence-electron chi connectivity index (χ3n) is 2.83. The lowest BCUT2D eigenvalue weighted by molar-refractivity contribution is -0.112. The number of nitrogen functional groups attached to an aromatic ring is 1. The number of halogens is 2. The Morgan fingerprint density at radius 2 is 1.87 bits per heavy atom. The van der Waals surface area contributed by atoms with Gasteiger partial charge in [0.2, 0.25) is 0 Å². The largest absolute Gasteiger partial charge is 0.399 e. The smallest absolute Gasteiger partial charge is 0.267 e. The molecule has 0 saturated carbocycles. The molecule has 7 heteroatoms. The molecule has 0 heterocycles. The molecule has 0 aromatic heterocycles. The predicted molar refractivity (Wildman–Crippen MR) is 93.3 cm³/mol. The summed E-state index contributed by atoms with van der Waals surface area (Å²) < 4.78 is 0. The molecule has 2 aromatic rings. The number of rotatable bonds is 4. The Balaban J connectivity index is 2.10. The van der Waals surface area contributed by atoms with Crippen molar-refractivity contribution in [2.45, 2.75) is 0 Å². The topological polar surface area (TPSA) is 90.9 Å². The molecule has 0 unspecified atom stereocenters. The third-order valence-corrected chi connectivity index (χ3v) is 3.40. The van der Waals surface area contributed by atoms with E-state index in [-0.39, 0.29) is 5.57 Å². The molecule has 116 valence electrons. The minimum Gasteiger partial charge on any atom is -0.399 e. The van der Waals surface area contributed by atoms with E-state index in [4.69, 9.17) is 34.2 Å². The van der Waals surface area contributed by atoms with Crippen LogP contribution in [-0.4, -0.2) is 5.91 Å². The first-order valence-electron chi connectivity index (χ1n) is 6.48. The molecule has 5 nitrogen and oxygen atoms in total. The van der Waals surface area contributed by atoms with Crippen molar-refractivity contribution in [2.75, 3.05) is 16.4 Å². The molecule has 4 N–H and O–H groups in total. The van der Waals surface area contributed by atoms with Gasteiger partial charge in [-0.25, -0.2) is 0 Å². The van der Waals surface area contributed by atoms with Gasteiger partial charge in [0.05, 0.1) is 10.7 Å². The molecular weight excluding hydrogens is 335 g/mol. The van der Waals surface area contributed by atoms with Gasteiger partial charge in [-0.2, -0.15) is 5.26 Å². The molecule has 0 aliphatic carbocycles. The van der Waals surface area contributed by atoms with Gasteiger partial charge in [-0.3, -0.25) is 4.79 Å². The molecule has 0 radical (unpaired) electrons. The molecule has 2 aromatic carbocycles. The fourth-order valence-electron chi connectivity index (χ4n) is 1.68. The van der Waals surface area contributed by atoms with E-state index in [1.165, 1.54) is 6.20 Å². The Labute approximate surface area is 143 Å². The number of anilines is 3. The number of nitrogens with one attached hydrogen (secondary N) is 2. The van der Waals surface area contributed by atoms with Crippen molar-refractivity contribution in [2.24, 2.45) is 0 Å². The molecule has 1 amide bonds. The highest BCUT2D eigenvalue weighted by Crippen LogP contribution is 2.24. The van der Waals surface area contributed by atoms with Crippen LogP contribution in [0.5, 0.6) is 0 Å². The van der Waals surface area contributed by atoms with Crippen LogP contribution in [0, 0.1) is 11.3 Å². The first-order valence-corrected chi connectivity index (χ1v) is 7.24. The summed E-state index contributed by atoms with van der Waals surface area (Å²) in [5.74, 6) is -0.547. The summed E-state index contributed by atoms with van der Waals surface area (Å²) in [6, 6.07) is 13.3. The Kier molecular flexibility index (Phi) is 5.47. The van der Waals surface area contributed by atoms with E-state index in [0.29, 0.717) is 27.1 Å². The molecule has 0 spiro atoms. The van der Waals surface area contributed by atoms with Crippen molar-refractivity contribution in [3.05, 3.63) is 64.3 Å². The predicted octanol–water partition coefficient (Wildman–Crippen LogP) is 4.03. The molecule has 0 saturated heterocycles. The minimum atomic E-state index is -0.547. The summed E-state index contributed by atoms with van der Waals surface area (Å²) >= 11 is 11.8. The molecule has 23 heavy (non-hydrogen) atoms. The number of carbonyl (C=O) groups is 1. The highest BCUT2D eigenvalue weighted by molar-refractivity contribution is 6.33. The van der Waals surface area contributed by atoms with E-state index in [0.717, 1.165) is 0 Å². The SMILES string of the molecule is N#C/C(=C/Nc1ccc(N)cc1Cl)C(=O)Nc1ccc(Cl)cc1. The van der Waals surface area contributed by atoms with Crippen LogP contribution >= 0.6 is 23.2 Å². The van der Waals surface area contributed by atoms with Crippen LogP contribution in [0.2, 0.25) is 10.0 Å². The third kappa shape index (κ3) is 4.65. The summed E-state index contributed by atoms with van der Waals surface area (Å²) in [5.41, 5.74) is 7.08. The molecule has 0 atom stereocenters.